The summed E-state index contributed by atoms with van der Waals surface area (Å²) < 4.78 is 10.2. The highest BCUT2D eigenvalue weighted by molar-refractivity contribution is 5.96. The van der Waals surface area contributed by atoms with Crippen molar-refractivity contribution in [2.24, 2.45) is 0 Å². The van der Waals surface area contributed by atoms with Gasteiger partial charge in [-0.1, -0.05) is 18.2 Å². The molecule has 3 rings (SSSR count). The second-order valence-electron chi connectivity index (χ2n) is 5.88. The first-order valence-corrected chi connectivity index (χ1v) is 7.95. The van der Waals surface area contributed by atoms with Gasteiger partial charge in [-0.25, -0.2) is 4.79 Å². The van der Waals surface area contributed by atoms with Crippen molar-refractivity contribution in [3.63, 3.8) is 0 Å². The van der Waals surface area contributed by atoms with Crippen LogP contribution in [0.3, 0.4) is 0 Å². The summed E-state index contributed by atoms with van der Waals surface area (Å²) >= 11 is 0. The number of hydrogen-bond donors (Lipinski definition) is 2. The highest BCUT2D eigenvalue weighted by atomic mass is 16.5. The summed E-state index contributed by atoms with van der Waals surface area (Å²) in [5, 5.41) is 13.7. The second-order valence-corrected chi connectivity index (χ2v) is 5.88. The lowest BCUT2D eigenvalue weighted by molar-refractivity contribution is -0.00160. The highest BCUT2D eigenvalue weighted by Crippen LogP contribution is 2.36. The van der Waals surface area contributed by atoms with E-state index < -0.39 is 11.6 Å². The van der Waals surface area contributed by atoms with Crippen LogP contribution in [0.4, 0.5) is 0 Å². The average Bonchev–Trinajstić information content (AvgIpc) is 2.66. The molecule has 130 valence electrons. The first-order chi connectivity index (χ1) is 12.0. The zero-order valence-electron chi connectivity index (χ0n) is 13.8. The summed E-state index contributed by atoms with van der Waals surface area (Å²) in [5.74, 6) is -0.151. The van der Waals surface area contributed by atoms with Gasteiger partial charge < -0.3 is 19.9 Å². The number of para-hydroxylation sites is 1. The third kappa shape index (κ3) is 3.49. The molecule has 1 aliphatic heterocycles. The Bertz CT molecular complexity index is 787. The van der Waals surface area contributed by atoms with Gasteiger partial charge in [0.2, 0.25) is 0 Å². The van der Waals surface area contributed by atoms with E-state index in [2.05, 4.69) is 10.1 Å². The quantitative estimate of drug-likeness (QED) is 0.830. The lowest BCUT2D eigenvalue weighted by Crippen LogP contribution is -2.43. The molecule has 2 aromatic rings. The number of esters is 1. The molecule has 1 heterocycles. The Balaban J connectivity index is 1.69. The molecule has 6 heteroatoms. The number of fused-ring (bicyclic) bond motifs is 1. The van der Waals surface area contributed by atoms with E-state index in [1.54, 1.807) is 24.3 Å². The first kappa shape index (κ1) is 17.0. The largest absolute Gasteiger partial charge is 0.493 e. The second kappa shape index (κ2) is 6.94. The van der Waals surface area contributed by atoms with Crippen molar-refractivity contribution in [2.75, 3.05) is 20.3 Å². The van der Waals surface area contributed by atoms with Crippen molar-refractivity contribution < 1.29 is 24.2 Å². The van der Waals surface area contributed by atoms with Crippen molar-refractivity contribution >= 4 is 11.9 Å². The third-order valence-electron chi connectivity index (χ3n) is 4.27. The maximum atomic E-state index is 12.3. The highest BCUT2D eigenvalue weighted by Gasteiger charge is 2.35. The molecule has 0 spiro atoms. The summed E-state index contributed by atoms with van der Waals surface area (Å²) in [6, 6.07) is 13.4. The summed E-state index contributed by atoms with van der Waals surface area (Å²) in [5.41, 5.74) is 0.270. The average molecular weight is 341 g/mol. The van der Waals surface area contributed by atoms with Gasteiger partial charge in [0.1, 0.15) is 11.4 Å². The fourth-order valence-corrected chi connectivity index (χ4v) is 2.83. The van der Waals surface area contributed by atoms with Gasteiger partial charge in [0.05, 0.1) is 25.8 Å². The zero-order chi connectivity index (χ0) is 17.9. The van der Waals surface area contributed by atoms with Crippen molar-refractivity contribution in [1.82, 2.24) is 5.32 Å². The van der Waals surface area contributed by atoms with Gasteiger partial charge in [0.25, 0.3) is 5.91 Å². The van der Waals surface area contributed by atoms with Crippen LogP contribution >= 0.6 is 0 Å². The Labute approximate surface area is 145 Å². The lowest BCUT2D eigenvalue weighted by atomic mass is 9.88. The Morgan fingerprint density at radius 2 is 1.84 bits per heavy atom. The van der Waals surface area contributed by atoms with Gasteiger partial charge in [-0.3, -0.25) is 4.79 Å². The van der Waals surface area contributed by atoms with E-state index in [1.807, 2.05) is 12.1 Å². The Hall–Kier alpha value is -2.86. The van der Waals surface area contributed by atoms with Crippen LogP contribution in [0.2, 0.25) is 0 Å². The predicted octanol–water partition coefficient (Wildman–Crippen LogP) is 1.87. The van der Waals surface area contributed by atoms with E-state index in [9.17, 15) is 14.7 Å². The summed E-state index contributed by atoms with van der Waals surface area (Å²) in [4.78, 5) is 23.7. The molecule has 0 saturated heterocycles. The molecule has 6 nitrogen and oxygen atoms in total. The fraction of sp³-hybridized carbons (Fsp3) is 0.263. The molecule has 0 bridgehead atoms. The number of aliphatic hydroxyl groups is 1. The zero-order valence-corrected chi connectivity index (χ0v) is 13.8. The molecule has 0 fully saturated rings. The molecule has 0 saturated carbocycles. The number of rotatable bonds is 4. The van der Waals surface area contributed by atoms with Crippen molar-refractivity contribution in [3.8, 4) is 5.75 Å². The first-order valence-electron chi connectivity index (χ1n) is 7.95. The number of amides is 1. The van der Waals surface area contributed by atoms with Crippen LogP contribution in [0.15, 0.2) is 48.5 Å². The minimum Gasteiger partial charge on any atom is -0.493 e. The normalized spacial score (nSPS) is 18.6. The maximum absolute atomic E-state index is 12.3. The molecule has 1 aliphatic rings. The van der Waals surface area contributed by atoms with Gasteiger partial charge in [-0.05, 0) is 30.3 Å². The Kier molecular flexibility index (Phi) is 4.72. The van der Waals surface area contributed by atoms with Crippen LogP contribution in [-0.4, -0.2) is 37.2 Å². The minimum absolute atomic E-state index is 0.0744. The number of ether oxygens (including phenoxy) is 2. The standard InChI is InChI=1S/C19H19NO5/c1-24-18(22)14-8-6-13(7-9-14)17(21)20-12-19(23)10-11-25-16-5-3-2-4-15(16)19/h2-9,23H,10-12H2,1H3,(H,20,21)/t19-/m0/s1. The molecule has 0 radical (unpaired) electrons. The van der Waals surface area contributed by atoms with Gasteiger partial charge in [-0.15, -0.1) is 0 Å². The fourth-order valence-electron chi connectivity index (χ4n) is 2.83. The predicted molar refractivity (Wildman–Crippen MR) is 90.6 cm³/mol. The summed E-state index contributed by atoms with van der Waals surface area (Å²) in [6.45, 7) is 0.460. The molecule has 2 N–H and O–H groups in total. The molecular formula is C19H19NO5. The lowest BCUT2D eigenvalue weighted by Gasteiger charge is -2.34. The molecular weight excluding hydrogens is 322 g/mol. The van der Waals surface area contributed by atoms with E-state index in [0.717, 1.165) is 0 Å². The molecule has 0 aromatic heterocycles. The van der Waals surface area contributed by atoms with E-state index in [0.29, 0.717) is 35.5 Å². The Morgan fingerprint density at radius 3 is 2.56 bits per heavy atom. The molecule has 1 amide bonds. The van der Waals surface area contributed by atoms with E-state index >= 15 is 0 Å². The molecule has 1 atom stereocenters. The number of methoxy groups -OCH3 is 1. The van der Waals surface area contributed by atoms with Gasteiger partial charge in [-0.2, -0.15) is 0 Å². The van der Waals surface area contributed by atoms with Gasteiger partial charge >= 0.3 is 5.97 Å². The van der Waals surface area contributed by atoms with Crippen molar-refractivity contribution in [3.05, 3.63) is 65.2 Å². The SMILES string of the molecule is COC(=O)c1ccc(C(=O)NC[C@@]2(O)CCOc3ccccc32)cc1. The van der Waals surface area contributed by atoms with Crippen LogP contribution in [0.25, 0.3) is 0 Å². The molecule has 0 aliphatic carbocycles. The summed E-state index contributed by atoms with van der Waals surface area (Å²) in [6.07, 6.45) is 0.394. The van der Waals surface area contributed by atoms with Crippen molar-refractivity contribution in [1.29, 1.82) is 0 Å². The monoisotopic (exact) mass is 341 g/mol. The number of benzene rings is 2. The van der Waals surface area contributed by atoms with Crippen molar-refractivity contribution in [2.45, 2.75) is 12.0 Å². The van der Waals surface area contributed by atoms with Crippen LogP contribution in [-0.2, 0) is 10.3 Å². The number of hydrogen-bond acceptors (Lipinski definition) is 5. The van der Waals surface area contributed by atoms with E-state index in [-0.39, 0.29) is 12.5 Å². The van der Waals surface area contributed by atoms with Crippen LogP contribution < -0.4 is 10.1 Å². The molecule has 25 heavy (non-hydrogen) atoms. The van der Waals surface area contributed by atoms with Crippen LogP contribution in [0.5, 0.6) is 5.75 Å². The minimum atomic E-state index is -1.17. The van der Waals surface area contributed by atoms with Gasteiger partial charge in [0, 0.05) is 17.5 Å². The van der Waals surface area contributed by atoms with E-state index in [1.165, 1.54) is 19.2 Å². The Morgan fingerprint density at radius 1 is 1.16 bits per heavy atom. The molecule has 0 unspecified atom stereocenters. The number of carbonyl (C=O) groups excluding carboxylic acids is 2. The van der Waals surface area contributed by atoms with Crippen LogP contribution in [0.1, 0.15) is 32.7 Å². The van der Waals surface area contributed by atoms with Crippen LogP contribution in [0, 0.1) is 0 Å². The third-order valence-corrected chi connectivity index (χ3v) is 4.27. The van der Waals surface area contributed by atoms with E-state index in [4.69, 9.17) is 4.74 Å². The summed E-state index contributed by atoms with van der Waals surface area (Å²) in [7, 11) is 1.30. The van der Waals surface area contributed by atoms with Gasteiger partial charge in [0.15, 0.2) is 0 Å². The number of carbonyl (C=O) groups is 2. The number of nitrogens with one attached hydrogen (secondary N) is 1. The molecule has 2 aromatic carbocycles. The smallest absolute Gasteiger partial charge is 0.337 e. The topological polar surface area (TPSA) is 84.9 Å². The maximum Gasteiger partial charge on any atom is 0.337 e.